The zero-order chi connectivity index (χ0) is 21.2. The maximum atomic E-state index is 4.58. The quantitative estimate of drug-likeness (QED) is 0.595. The molecule has 3 aromatic heterocycles. The Bertz CT molecular complexity index is 921. The second kappa shape index (κ2) is 8.58. The van der Waals surface area contributed by atoms with Gasteiger partial charge in [0.25, 0.3) is 0 Å². The number of aromatic nitrogens is 7. The monoisotopic (exact) mass is 428 g/mol. The highest BCUT2D eigenvalue weighted by atomic mass is 32.2. The summed E-state index contributed by atoms with van der Waals surface area (Å²) in [6.07, 6.45) is 0. The van der Waals surface area contributed by atoms with Crippen LogP contribution in [-0.2, 0) is 0 Å². The van der Waals surface area contributed by atoms with Crippen LogP contribution in [0.15, 0.2) is 32.8 Å². The molecule has 3 heterocycles. The summed E-state index contributed by atoms with van der Waals surface area (Å²) in [5, 5.41) is 5.55. The molecule has 10 heteroatoms. The van der Waals surface area contributed by atoms with E-state index in [0.29, 0.717) is 26.6 Å². The number of nitrogens with one attached hydrogen (secondary N) is 1. The predicted octanol–water partition coefficient (Wildman–Crippen LogP) is 4.20. The van der Waals surface area contributed by atoms with E-state index in [-0.39, 0.29) is 5.54 Å². The van der Waals surface area contributed by atoms with E-state index in [0.717, 1.165) is 22.8 Å². The lowest BCUT2D eigenvalue weighted by molar-refractivity contribution is 0.617. The molecule has 0 aliphatic heterocycles. The van der Waals surface area contributed by atoms with Crippen LogP contribution in [0.3, 0.4) is 0 Å². The molecule has 29 heavy (non-hydrogen) atoms. The first-order valence-corrected chi connectivity index (χ1v) is 10.7. The molecule has 0 unspecified atom stereocenters. The van der Waals surface area contributed by atoms with Gasteiger partial charge in [0.2, 0.25) is 16.3 Å². The minimum absolute atomic E-state index is 0.196. The Kier molecular flexibility index (Phi) is 6.33. The highest BCUT2D eigenvalue weighted by Crippen LogP contribution is 2.28. The van der Waals surface area contributed by atoms with Gasteiger partial charge in [0.15, 0.2) is 10.3 Å². The minimum Gasteiger partial charge on any atom is -0.349 e. The molecule has 0 fully saturated rings. The Morgan fingerprint density at radius 3 is 1.28 bits per heavy atom. The first-order chi connectivity index (χ1) is 13.6. The molecule has 0 aliphatic carbocycles. The molecular formula is C19H24N8S2. The van der Waals surface area contributed by atoms with Gasteiger partial charge < -0.3 is 5.32 Å². The molecule has 0 atom stereocenters. The van der Waals surface area contributed by atoms with Crippen LogP contribution in [0.25, 0.3) is 0 Å². The van der Waals surface area contributed by atoms with Gasteiger partial charge in [-0.25, -0.2) is 19.9 Å². The molecule has 0 radical (unpaired) electrons. The van der Waals surface area contributed by atoms with Gasteiger partial charge in [0.1, 0.15) is 0 Å². The van der Waals surface area contributed by atoms with Crippen molar-refractivity contribution in [2.75, 3.05) is 5.32 Å². The normalized spacial score (nSPS) is 11.6. The van der Waals surface area contributed by atoms with Crippen molar-refractivity contribution in [3.8, 4) is 0 Å². The summed E-state index contributed by atoms with van der Waals surface area (Å²) < 4.78 is 0. The molecule has 3 rings (SSSR count). The van der Waals surface area contributed by atoms with E-state index in [1.807, 2.05) is 39.8 Å². The van der Waals surface area contributed by atoms with Crippen LogP contribution < -0.4 is 5.32 Å². The van der Waals surface area contributed by atoms with Gasteiger partial charge >= 0.3 is 0 Å². The number of aryl methyl sites for hydroxylation is 4. The summed E-state index contributed by atoms with van der Waals surface area (Å²) >= 11 is 2.62. The Balaban J connectivity index is 1.96. The van der Waals surface area contributed by atoms with E-state index in [9.17, 15) is 0 Å². The molecule has 0 spiro atoms. The van der Waals surface area contributed by atoms with E-state index < -0.39 is 0 Å². The van der Waals surface area contributed by atoms with Gasteiger partial charge in [-0.1, -0.05) is 0 Å². The Morgan fingerprint density at radius 1 is 0.586 bits per heavy atom. The van der Waals surface area contributed by atoms with E-state index in [4.69, 9.17) is 0 Å². The standard InChI is InChI=1S/C19H24N8S2/c1-10-8-11(2)21-15(20-10)28-17-24-14(27-19(5,6)7)25-18(26-17)29-16-22-12(3)9-13(4)23-16/h8-9H,1-7H3,(H,24,25,26,27). The third-order valence-corrected chi connectivity index (χ3v) is 4.83. The molecular weight excluding hydrogens is 404 g/mol. The highest BCUT2D eigenvalue weighted by molar-refractivity contribution is 7.99. The molecule has 0 bridgehead atoms. The van der Waals surface area contributed by atoms with Crippen LogP contribution in [0.1, 0.15) is 43.5 Å². The first-order valence-electron chi connectivity index (χ1n) is 9.10. The maximum Gasteiger partial charge on any atom is 0.228 e. The van der Waals surface area contributed by atoms with E-state index in [2.05, 4.69) is 61.0 Å². The number of rotatable bonds is 5. The van der Waals surface area contributed by atoms with Crippen molar-refractivity contribution in [3.05, 3.63) is 34.9 Å². The summed E-state index contributed by atoms with van der Waals surface area (Å²) in [5.41, 5.74) is 3.42. The van der Waals surface area contributed by atoms with Gasteiger partial charge in [0.05, 0.1) is 0 Å². The molecule has 0 aliphatic rings. The van der Waals surface area contributed by atoms with Crippen LogP contribution in [-0.4, -0.2) is 40.4 Å². The molecule has 0 saturated heterocycles. The van der Waals surface area contributed by atoms with Crippen LogP contribution >= 0.6 is 23.5 Å². The summed E-state index contributed by atoms with van der Waals surface area (Å²) in [6.45, 7) is 13.9. The van der Waals surface area contributed by atoms with Crippen LogP contribution in [0.5, 0.6) is 0 Å². The van der Waals surface area contributed by atoms with Crippen molar-refractivity contribution >= 4 is 29.5 Å². The zero-order valence-corrected chi connectivity index (χ0v) is 19.2. The van der Waals surface area contributed by atoms with Gasteiger partial charge in [0, 0.05) is 28.3 Å². The fraction of sp³-hybridized carbons (Fsp3) is 0.421. The maximum absolute atomic E-state index is 4.58. The number of hydrogen-bond donors (Lipinski definition) is 1. The average molecular weight is 429 g/mol. The van der Waals surface area contributed by atoms with Crippen molar-refractivity contribution < 1.29 is 0 Å². The van der Waals surface area contributed by atoms with Crippen molar-refractivity contribution in [1.29, 1.82) is 0 Å². The summed E-state index contributed by atoms with van der Waals surface area (Å²) in [5.74, 6) is 0.492. The second-order valence-corrected chi connectivity index (χ2v) is 9.54. The topological polar surface area (TPSA) is 102 Å². The molecule has 0 saturated carbocycles. The van der Waals surface area contributed by atoms with E-state index >= 15 is 0 Å². The van der Waals surface area contributed by atoms with Crippen LogP contribution in [0.4, 0.5) is 5.95 Å². The summed E-state index contributed by atoms with van der Waals surface area (Å²) in [6, 6.07) is 3.87. The SMILES string of the molecule is Cc1cc(C)nc(Sc2nc(NC(C)(C)C)nc(Sc3nc(C)cc(C)n3)n2)n1. The number of hydrogen-bond acceptors (Lipinski definition) is 10. The van der Waals surface area contributed by atoms with Gasteiger partial charge in [-0.05, 0) is 84.1 Å². The first kappa shape index (κ1) is 21.4. The third kappa shape index (κ3) is 6.60. The van der Waals surface area contributed by atoms with E-state index in [1.165, 1.54) is 23.5 Å². The molecule has 0 aromatic carbocycles. The minimum atomic E-state index is -0.196. The predicted molar refractivity (Wildman–Crippen MR) is 114 cm³/mol. The largest absolute Gasteiger partial charge is 0.349 e. The lowest BCUT2D eigenvalue weighted by Gasteiger charge is -2.20. The molecule has 1 N–H and O–H groups in total. The fourth-order valence-electron chi connectivity index (χ4n) is 2.46. The average Bonchev–Trinajstić information content (AvgIpc) is 2.50. The number of nitrogens with zero attached hydrogens (tertiary/aromatic N) is 7. The Hall–Kier alpha value is -2.33. The van der Waals surface area contributed by atoms with Crippen molar-refractivity contribution in [2.24, 2.45) is 0 Å². The molecule has 8 nitrogen and oxygen atoms in total. The summed E-state index contributed by atoms with van der Waals surface area (Å²) in [4.78, 5) is 31.5. The Labute approximate surface area is 179 Å². The smallest absolute Gasteiger partial charge is 0.228 e. The van der Waals surface area contributed by atoms with Gasteiger partial charge in [-0.3, -0.25) is 0 Å². The van der Waals surface area contributed by atoms with E-state index in [1.54, 1.807) is 0 Å². The molecule has 152 valence electrons. The van der Waals surface area contributed by atoms with Crippen LogP contribution in [0.2, 0.25) is 0 Å². The molecule has 3 aromatic rings. The third-order valence-electron chi connectivity index (χ3n) is 3.37. The lowest BCUT2D eigenvalue weighted by atomic mass is 10.1. The second-order valence-electron chi connectivity index (χ2n) is 7.67. The Morgan fingerprint density at radius 2 is 0.931 bits per heavy atom. The van der Waals surface area contributed by atoms with Crippen molar-refractivity contribution in [2.45, 2.75) is 74.6 Å². The van der Waals surface area contributed by atoms with Crippen LogP contribution in [0, 0.1) is 27.7 Å². The van der Waals surface area contributed by atoms with Crippen molar-refractivity contribution in [1.82, 2.24) is 34.9 Å². The van der Waals surface area contributed by atoms with Gasteiger partial charge in [-0.2, -0.15) is 15.0 Å². The number of anilines is 1. The zero-order valence-electron chi connectivity index (χ0n) is 17.6. The lowest BCUT2D eigenvalue weighted by Crippen LogP contribution is -2.27. The molecule has 0 amide bonds. The highest BCUT2D eigenvalue weighted by Gasteiger charge is 2.17. The fourth-order valence-corrected chi connectivity index (χ4v) is 4.13. The summed E-state index contributed by atoms with van der Waals surface area (Å²) in [7, 11) is 0. The van der Waals surface area contributed by atoms with Gasteiger partial charge in [-0.15, -0.1) is 0 Å². The van der Waals surface area contributed by atoms with Crippen molar-refractivity contribution in [3.63, 3.8) is 0 Å².